The van der Waals surface area contributed by atoms with Crippen LogP contribution in [-0.4, -0.2) is 59.3 Å². The average Bonchev–Trinajstić information content (AvgIpc) is 2.54. The van der Waals surface area contributed by atoms with Crippen LogP contribution in [0.3, 0.4) is 0 Å². The van der Waals surface area contributed by atoms with Crippen LogP contribution in [0.1, 0.15) is 33.6 Å². The first-order chi connectivity index (χ1) is 11.8. The van der Waals surface area contributed by atoms with E-state index in [2.05, 4.69) is 4.90 Å². The van der Waals surface area contributed by atoms with E-state index in [9.17, 15) is 14.3 Å². The Morgan fingerprint density at radius 3 is 2.40 bits per heavy atom. The van der Waals surface area contributed by atoms with Crippen molar-refractivity contribution in [1.82, 2.24) is 9.80 Å². The van der Waals surface area contributed by atoms with Crippen molar-refractivity contribution >= 4 is 6.09 Å². The summed E-state index contributed by atoms with van der Waals surface area (Å²) in [6, 6.07) is 6.05. The van der Waals surface area contributed by atoms with E-state index in [0.29, 0.717) is 24.8 Å². The molecule has 1 heterocycles. The van der Waals surface area contributed by atoms with Crippen LogP contribution in [0.4, 0.5) is 9.18 Å². The standard InChI is InChI=1S/C19H29FN2O3/c1-19(2,3)22(18(23)24)14-15-8-10-21(11-9-15)12-13-25-17-6-4-16(20)5-7-17/h4-7,15H,8-14H2,1-3H3,(H,23,24). The number of ether oxygens (including phenoxy) is 1. The Labute approximate surface area is 149 Å². The molecule has 1 aliphatic heterocycles. The fraction of sp³-hybridized carbons (Fsp3) is 0.632. The molecule has 2 rings (SSSR count). The number of hydrogen-bond donors (Lipinski definition) is 1. The fourth-order valence-corrected chi connectivity index (χ4v) is 3.11. The quantitative estimate of drug-likeness (QED) is 0.848. The van der Waals surface area contributed by atoms with Crippen LogP contribution < -0.4 is 4.74 Å². The van der Waals surface area contributed by atoms with Crippen molar-refractivity contribution in [1.29, 1.82) is 0 Å². The van der Waals surface area contributed by atoms with Crippen LogP contribution in [0.5, 0.6) is 5.75 Å². The van der Waals surface area contributed by atoms with Crippen molar-refractivity contribution in [3.8, 4) is 5.75 Å². The summed E-state index contributed by atoms with van der Waals surface area (Å²) in [5.74, 6) is 0.822. The van der Waals surface area contributed by atoms with Crippen LogP contribution in [0.2, 0.25) is 0 Å². The summed E-state index contributed by atoms with van der Waals surface area (Å²) in [6.45, 7) is 9.70. The van der Waals surface area contributed by atoms with Gasteiger partial charge in [-0.15, -0.1) is 0 Å². The summed E-state index contributed by atoms with van der Waals surface area (Å²) in [7, 11) is 0. The van der Waals surface area contributed by atoms with Crippen molar-refractivity contribution in [2.45, 2.75) is 39.2 Å². The lowest BCUT2D eigenvalue weighted by atomic mass is 9.94. The van der Waals surface area contributed by atoms with Gasteiger partial charge in [0.1, 0.15) is 18.2 Å². The van der Waals surface area contributed by atoms with Crippen molar-refractivity contribution in [3.05, 3.63) is 30.1 Å². The van der Waals surface area contributed by atoms with Gasteiger partial charge in [-0.25, -0.2) is 9.18 Å². The van der Waals surface area contributed by atoms with Gasteiger partial charge in [0.2, 0.25) is 0 Å². The third kappa shape index (κ3) is 6.20. The Morgan fingerprint density at radius 1 is 1.28 bits per heavy atom. The monoisotopic (exact) mass is 352 g/mol. The topological polar surface area (TPSA) is 53.0 Å². The van der Waals surface area contributed by atoms with Crippen molar-refractivity contribution in [3.63, 3.8) is 0 Å². The van der Waals surface area contributed by atoms with Crippen molar-refractivity contribution in [2.24, 2.45) is 5.92 Å². The first-order valence-electron chi connectivity index (χ1n) is 8.87. The molecule has 25 heavy (non-hydrogen) atoms. The Balaban J connectivity index is 1.70. The zero-order chi connectivity index (χ0) is 18.4. The summed E-state index contributed by atoms with van der Waals surface area (Å²) < 4.78 is 18.5. The maximum atomic E-state index is 12.8. The molecule has 0 saturated carbocycles. The number of rotatable bonds is 6. The van der Waals surface area contributed by atoms with E-state index in [1.165, 1.54) is 12.1 Å². The molecule has 1 fully saturated rings. The fourth-order valence-electron chi connectivity index (χ4n) is 3.11. The minimum Gasteiger partial charge on any atom is -0.492 e. The zero-order valence-electron chi connectivity index (χ0n) is 15.4. The Morgan fingerprint density at radius 2 is 1.88 bits per heavy atom. The molecule has 1 aromatic rings. The number of carboxylic acid groups (broad SMARTS) is 1. The van der Waals surface area contributed by atoms with Crippen molar-refractivity contribution in [2.75, 3.05) is 32.8 Å². The van der Waals surface area contributed by atoms with Gasteiger partial charge in [0.15, 0.2) is 0 Å². The van der Waals surface area contributed by atoms with E-state index in [4.69, 9.17) is 4.74 Å². The Kier molecular flexibility index (Phi) is 6.64. The largest absolute Gasteiger partial charge is 0.492 e. The molecular formula is C19H29FN2O3. The molecule has 6 heteroatoms. The summed E-state index contributed by atoms with van der Waals surface area (Å²) in [4.78, 5) is 15.3. The molecule has 1 N–H and O–H groups in total. The molecule has 0 unspecified atom stereocenters. The van der Waals surface area contributed by atoms with Crippen molar-refractivity contribution < 1.29 is 19.0 Å². The first kappa shape index (κ1) is 19.5. The third-order valence-electron chi connectivity index (χ3n) is 4.68. The molecule has 1 amide bonds. The maximum absolute atomic E-state index is 12.8. The summed E-state index contributed by atoms with van der Waals surface area (Å²) in [5.41, 5.74) is -0.369. The Hall–Kier alpha value is -1.82. The summed E-state index contributed by atoms with van der Waals surface area (Å²) in [5, 5.41) is 9.41. The van der Waals surface area contributed by atoms with Crippen LogP contribution in [0.25, 0.3) is 0 Å². The lowest BCUT2D eigenvalue weighted by molar-refractivity contribution is 0.0722. The highest BCUT2D eigenvalue weighted by atomic mass is 19.1. The lowest BCUT2D eigenvalue weighted by Crippen LogP contribution is -2.49. The Bertz CT molecular complexity index is 549. The summed E-state index contributed by atoms with van der Waals surface area (Å²) in [6.07, 6.45) is 1.15. The van der Waals surface area contributed by atoms with E-state index in [1.807, 2.05) is 20.8 Å². The number of piperidine rings is 1. The minimum absolute atomic E-state index is 0.264. The number of carbonyl (C=O) groups is 1. The number of amides is 1. The van der Waals surface area contributed by atoms with E-state index < -0.39 is 6.09 Å². The zero-order valence-corrected chi connectivity index (χ0v) is 15.4. The second-order valence-electron chi connectivity index (χ2n) is 7.65. The van der Waals surface area contributed by atoms with Crippen LogP contribution >= 0.6 is 0 Å². The van der Waals surface area contributed by atoms with Gasteiger partial charge in [0.25, 0.3) is 0 Å². The number of hydrogen-bond acceptors (Lipinski definition) is 3. The highest BCUT2D eigenvalue weighted by Crippen LogP contribution is 2.23. The van der Waals surface area contributed by atoms with Gasteiger partial charge in [-0.1, -0.05) is 0 Å². The molecule has 0 radical (unpaired) electrons. The SMILES string of the molecule is CC(C)(C)N(CC1CCN(CCOc2ccc(F)cc2)CC1)C(=O)O. The minimum atomic E-state index is -0.845. The van der Waals surface area contributed by atoms with E-state index in [0.717, 1.165) is 32.5 Å². The van der Waals surface area contributed by atoms with E-state index in [-0.39, 0.29) is 11.4 Å². The smallest absolute Gasteiger partial charge is 0.407 e. The third-order valence-corrected chi connectivity index (χ3v) is 4.68. The normalized spacial score (nSPS) is 16.6. The highest BCUT2D eigenvalue weighted by Gasteiger charge is 2.30. The molecule has 1 aliphatic rings. The van der Waals surface area contributed by atoms with Crippen LogP contribution in [-0.2, 0) is 0 Å². The average molecular weight is 352 g/mol. The maximum Gasteiger partial charge on any atom is 0.407 e. The van der Waals surface area contributed by atoms with E-state index >= 15 is 0 Å². The van der Waals surface area contributed by atoms with Crippen LogP contribution in [0.15, 0.2) is 24.3 Å². The van der Waals surface area contributed by atoms with Gasteiger partial charge in [0, 0.05) is 18.6 Å². The van der Waals surface area contributed by atoms with Gasteiger partial charge in [-0.05, 0) is 76.9 Å². The molecule has 0 bridgehead atoms. The van der Waals surface area contributed by atoms with Gasteiger partial charge in [-0.3, -0.25) is 4.90 Å². The predicted octanol–water partition coefficient (Wildman–Crippen LogP) is 3.70. The lowest BCUT2D eigenvalue weighted by Gasteiger charge is -2.39. The second kappa shape index (κ2) is 8.52. The number of likely N-dealkylation sites (tertiary alicyclic amines) is 1. The molecule has 0 spiro atoms. The second-order valence-corrected chi connectivity index (χ2v) is 7.65. The number of halogens is 1. The predicted molar refractivity (Wildman–Crippen MR) is 95.5 cm³/mol. The van der Waals surface area contributed by atoms with Gasteiger partial charge >= 0.3 is 6.09 Å². The molecule has 0 aromatic heterocycles. The van der Waals surface area contributed by atoms with Gasteiger partial charge < -0.3 is 14.7 Å². The molecule has 0 aliphatic carbocycles. The molecule has 0 atom stereocenters. The molecule has 140 valence electrons. The molecule has 1 aromatic carbocycles. The van der Waals surface area contributed by atoms with Crippen LogP contribution in [0, 0.1) is 11.7 Å². The first-order valence-corrected chi connectivity index (χ1v) is 8.87. The highest BCUT2D eigenvalue weighted by molar-refractivity contribution is 5.66. The summed E-state index contributed by atoms with van der Waals surface area (Å²) >= 11 is 0. The molecule has 5 nitrogen and oxygen atoms in total. The molecular weight excluding hydrogens is 323 g/mol. The van der Waals surface area contributed by atoms with Gasteiger partial charge in [-0.2, -0.15) is 0 Å². The number of nitrogens with zero attached hydrogens (tertiary/aromatic N) is 2. The van der Waals surface area contributed by atoms with Gasteiger partial charge in [0.05, 0.1) is 0 Å². The molecule has 1 saturated heterocycles. The van der Waals surface area contributed by atoms with E-state index in [1.54, 1.807) is 17.0 Å². The number of benzene rings is 1.